The number of aliphatic hydroxyl groups excluding tert-OH is 1. The molecule has 1 aromatic heterocycles. The van der Waals surface area contributed by atoms with Gasteiger partial charge in [0.15, 0.2) is 0 Å². The standard InChI is InChI=1S/C17H22N2O2/c1-4-11(2)16(20)10-18-17(21)14-7-8-15-13(9-14)6-5-12(3)19-15/h5-9,11,16,20H,4,10H2,1-3H3,(H,18,21). The number of pyridine rings is 1. The van der Waals surface area contributed by atoms with Gasteiger partial charge in [0.25, 0.3) is 5.91 Å². The molecule has 2 rings (SSSR count). The molecule has 1 amide bonds. The minimum absolute atomic E-state index is 0.167. The van der Waals surface area contributed by atoms with Gasteiger partial charge in [0, 0.05) is 23.2 Å². The molecule has 0 aliphatic carbocycles. The van der Waals surface area contributed by atoms with Gasteiger partial charge in [0.1, 0.15) is 0 Å². The van der Waals surface area contributed by atoms with E-state index < -0.39 is 6.10 Å². The van der Waals surface area contributed by atoms with Gasteiger partial charge in [-0.15, -0.1) is 0 Å². The molecule has 0 saturated heterocycles. The quantitative estimate of drug-likeness (QED) is 0.888. The van der Waals surface area contributed by atoms with Crippen LogP contribution in [0.15, 0.2) is 30.3 Å². The normalized spacial score (nSPS) is 13.9. The fourth-order valence-electron chi connectivity index (χ4n) is 2.14. The van der Waals surface area contributed by atoms with E-state index in [0.29, 0.717) is 5.56 Å². The zero-order valence-corrected chi connectivity index (χ0v) is 12.8. The van der Waals surface area contributed by atoms with Gasteiger partial charge in [0.2, 0.25) is 0 Å². The minimum Gasteiger partial charge on any atom is -0.391 e. The number of rotatable bonds is 5. The van der Waals surface area contributed by atoms with E-state index in [2.05, 4.69) is 10.3 Å². The molecule has 1 aromatic carbocycles. The summed E-state index contributed by atoms with van der Waals surface area (Å²) in [6, 6.07) is 9.33. The molecule has 0 fully saturated rings. The van der Waals surface area contributed by atoms with Crippen LogP contribution in [0, 0.1) is 12.8 Å². The number of hydrogen-bond donors (Lipinski definition) is 2. The number of fused-ring (bicyclic) bond motifs is 1. The predicted octanol–water partition coefficient (Wildman–Crippen LogP) is 2.68. The summed E-state index contributed by atoms with van der Waals surface area (Å²) in [5.41, 5.74) is 2.42. The number of nitrogens with zero attached hydrogens (tertiary/aromatic N) is 1. The van der Waals surface area contributed by atoms with Crippen LogP contribution in [0.1, 0.15) is 36.3 Å². The van der Waals surface area contributed by atoms with Crippen molar-refractivity contribution in [1.82, 2.24) is 10.3 Å². The fraction of sp³-hybridized carbons (Fsp3) is 0.412. The molecule has 2 unspecified atom stereocenters. The first-order chi connectivity index (χ1) is 10.0. The number of benzene rings is 1. The number of amides is 1. The lowest BCUT2D eigenvalue weighted by molar-refractivity contribution is 0.0850. The SMILES string of the molecule is CCC(C)C(O)CNC(=O)c1ccc2nc(C)ccc2c1. The Kier molecular flexibility index (Phi) is 4.91. The third-order valence-corrected chi connectivity index (χ3v) is 3.86. The lowest BCUT2D eigenvalue weighted by Gasteiger charge is -2.17. The summed E-state index contributed by atoms with van der Waals surface area (Å²) in [6.45, 7) is 6.21. The summed E-state index contributed by atoms with van der Waals surface area (Å²) < 4.78 is 0. The molecule has 112 valence electrons. The van der Waals surface area contributed by atoms with Crippen LogP contribution in [0.2, 0.25) is 0 Å². The molecule has 0 saturated carbocycles. The van der Waals surface area contributed by atoms with Crippen molar-refractivity contribution in [3.05, 3.63) is 41.6 Å². The van der Waals surface area contributed by atoms with Gasteiger partial charge in [-0.05, 0) is 37.1 Å². The Hall–Kier alpha value is -1.94. The molecule has 21 heavy (non-hydrogen) atoms. The molecular formula is C17H22N2O2. The molecule has 2 N–H and O–H groups in total. The Labute approximate surface area is 125 Å². The first-order valence-corrected chi connectivity index (χ1v) is 7.35. The van der Waals surface area contributed by atoms with E-state index in [0.717, 1.165) is 23.0 Å². The number of aryl methyl sites for hydroxylation is 1. The zero-order chi connectivity index (χ0) is 15.4. The van der Waals surface area contributed by atoms with Crippen molar-refractivity contribution >= 4 is 16.8 Å². The average molecular weight is 286 g/mol. The van der Waals surface area contributed by atoms with Crippen LogP contribution in [-0.4, -0.2) is 28.6 Å². The summed E-state index contributed by atoms with van der Waals surface area (Å²) in [5, 5.41) is 13.6. The first kappa shape index (κ1) is 15.4. The van der Waals surface area contributed by atoms with Crippen LogP contribution < -0.4 is 5.32 Å². The Balaban J connectivity index is 2.07. The topological polar surface area (TPSA) is 62.2 Å². The highest BCUT2D eigenvalue weighted by Crippen LogP contribution is 2.15. The van der Waals surface area contributed by atoms with Crippen LogP contribution in [0.25, 0.3) is 10.9 Å². The lowest BCUT2D eigenvalue weighted by Crippen LogP contribution is -2.35. The number of carbonyl (C=O) groups excluding carboxylic acids is 1. The van der Waals surface area contributed by atoms with E-state index >= 15 is 0 Å². The second-order valence-electron chi connectivity index (χ2n) is 5.52. The lowest BCUT2D eigenvalue weighted by atomic mass is 10.0. The van der Waals surface area contributed by atoms with Crippen LogP contribution in [0.5, 0.6) is 0 Å². The van der Waals surface area contributed by atoms with Gasteiger partial charge in [-0.25, -0.2) is 0 Å². The third-order valence-electron chi connectivity index (χ3n) is 3.86. The van der Waals surface area contributed by atoms with Gasteiger partial charge in [-0.2, -0.15) is 0 Å². The van der Waals surface area contributed by atoms with Crippen molar-refractivity contribution in [3.8, 4) is 0 Å². The highest BCUT2D eigenvalue weighted by Gasteiger charge is 2.14. The minimum atomic E-state index is -0.510. The fourth-order valence-corrected chi connectivity index (χ4v) is 2.14. The van der Waals surface area contributed by atoms with Crippen LogP contribution in [-0.2, 0) is 0 Å². The molecule has 2 aromatic rings. The van der Waals surface area contributed by atoms with Gasteiger partial charge in [-0.1, -0.05) is 26.3 Å². The maximum Gasteiger partial charge on any atom is 0.251 e. The number of carbonyl (C=O) groups is 1. The van der Waals surface area contributed by atoms with E-state index in [-0.39, 0.29) is 18.4 Å². The highest BCUT2D eigenvalue weighted by molar-refractivity contribution is 5.97. The first-order valence-electron chi connectivity index (χ1n) is 7.35. The van der Waals surface area contributed by atoms with Crippen molar-refractivity contribution in [2.45, 2.75) is 33.3 Å². The number of aromatic nitrogens is 1. The predicted molar refractivity (Wildman–Crippen MR) is 84.3 cm³/mol. The molecule has 0 bridgehead atoms. The second-order valence-corrected chi connectivity index (χ2v) is 5.52. The molecular weight excluding hydrogens is 264 g/mol. The van der Waals surface area contributed by atoms with Gasteiger partial charge < -0.3 is 10.4 Å². The van der Waals surface area contributed by atoms with Crippen LogP contribution in [0.3, 0.4) is 0 Å². The summed E-state index contributed by atoms with van der Waals surface area (Å²) in [5.74, 6) is 0.00825. The molecule has 0 aliphatic rings. The molecule has 2 atom stereocenters. The zero-order valence-electron chi connectivity index (χ0n) is 12.8. The number of aliphatic hydroxyl groups is 1. The monoisotopic (exact) mass is 286 g/mol. The maximum absolute atomic E-state index is 12.1. The number of hydrogen-bond acceptors (Lipinski definition) is 3. The van der Waals surface area contributed by atoms with Crippen molar-refractivity contribution in [2.75, 3.05) is 6.54 Å². The van der Waals surface area contributed by atoms with Crippen molar-refractivity contribution in [3.63, 3.8) is 0 Å². The van der Waals surface area contributed by atoms with Crippen molar-refractivity contribution in [2.24, 2.45) is 5.92 Å². The van der Waals surface area contributed by atoms with Crippen molar-refractivity contribution in [1.29, 1.82) is 0 Å². The molecule has 4 heteroatoms. The van der Waals surface area contributed by atoms with E-state index in [1.54, 1.807) is 6.07 Å². The Morgan fingerprint density at radius 1 is 1.33 bits per heavy atom. The molecule has 0 aliphatic heterocycles. The Bertz CT molecular complexity index is 640. The summed E-state index contributed by atoms with van der Waals surface area (Å²) in [7, 11) is 0. The summed E-state index contributed by atoms with van der Waals surface area (Å²) in [4.78, 5) is 16.5. The second kappa shape index (κ2) is 6.68. The summed E-state index contributed by atoms with van der Waals surface area (Å²) in [6.07, 6.45) is 0.376. The average Bonchev–Trinajstić information content (AvgIpc) is 2.50. The largest absolute Gasteiger partial charge is 0.391 e. The Morgan fingerprint density at radius 3 is 2.81 bits per heavy atom. The molecule has 0 spiro atoms. The molecule has 0 radical (unpaired) electrons. The van der Waals surface area contributed by atoms with Crippen LogP contribution in [0.4, 0.5) is 0 Å². The number of nitrogens with one attached hydrogen (secondary N) is 1. The summed E-state index contributed by atoms with van der Waals surface area (Å²) >= 11 is 0. The highest BCUT2D eigenvalue weighted by atomic mass is 16.3. The van der Waals surface area contributed by atoms with Gasteiger partial charge >= 0.3 is 0 Å². The molecule has 1 heterocycles. The van der Waals surface area contributed by atoms with E-state index in [4.69, 9.17) is 0 Å². The van der Waals surface area contributed by atoms with Crippen molar-refractivity contribution < 1.29 is 9.90 Å². The van der Waals surface area contributed by atoms with E-state index in [1.807, 2.05) is 45.0 Å². The van der Waals surface area contributed by atoms with E-state index in [1.165, 1.54) is 0 Å². The van der Waals surface area contributed by atoms with Crippen LogP contribution >= 0.6 is 0 Å². The van der Waals surface area contributed by atoms with Gasteiger partial charge in [0.05, 0.1) is 11.6 Å². The van der Waals surface area contributed by atoms with Gasteiger partial charge in [-0.3, -0.25) is 9.78 Å². The van der Waals surface area contributed by atoms with E-state index in [9.17, 15) is 9.90 Å². The third kappa shape index (κ3) is 3.79. The maximum atomic E-state index is 12.1. The molecule has 4 nitrogen and oxygen atoms in total. The smallest absolute Gasteiger partial charge is 0.251 e. The Morgan fingerprint density at radius 2 is 2.10 bits per heavy atom.